The molecule has 0 spiro atoms. The molecule has 2 nitrogen and oxygen atoms in total. The fraction of sp³-hybridized carbons (Fsp3) is 0.250. The maximum atomic E-state index is 6.13. The minimum Gasteiger partial charge on any atom is -0.457 e. The Morgan fingerprint density at radius 3 is 2.63 bits per heavy atom. The van der Waals surface area contributed by atoms with E-state index in [-0.39, 0.29) is 6.04 Å². The third-order valence-corrected chi connectivity index (χ3v) is 3.62. The summed E-state index contributed by atoms with van der Waals surface area (Å²) in [5.74, 6) is 1.68. The number of ether oxygens (including phenoxy) is 1. The highest BCUT2D eigenvalue weighted by Gasteiger charge is 2.11. The first-order chi connectivity index (χ1) is 9.11. The van der Waals surface area contributed by atoms with Gasteiger partial charge in [-0.15, -0.1) is 0 Å². The Morgan fingerprint density at radius 2 is 1.89 bits per heavy atom. The lowest BCUT2D eigenvalue weighted by Gasteiger charge is -2.16. The second-order valence-corrected chi connectivity index (χ2v) is 5.48. The summed E-state index contributed by atoms with van der Waals surface area (Å²) in [6, 6.07) is 14.0. The molecule has 0 saturated carbocycles. The SMILES string of the molecule is CC[C@@H](N)c1ccccc1Oc1cc(Br)ccc1C. The molecule has 1 atom stereocenters. The molecule has 2 rings (SSSR count). The topological polar surface area (TPSA) is 35.2 Å². The first-order valence-electron chi connectivity index (χ1n) is 6.40. The molecule has 0 aliphatic rings. The zero-order valence-corrected chi connectivity index (χ0v) is 12.8. The molecule has 0 saturated heterocycles. The van der Waals surface area contributed by atoms with Crippen LogP contribution in [0.3, 0.4) is 0 Å². The van der Waals surface area contributed by atoms with Gasteiger partial charge in [0, 0.05) is 16.1 Å². The van der Waals surface area contributed by atoms with E-state index in [4.69, 9.17) is 10.5 Å². The number of aryl methyl sites for hydroxylation is 1. The van der Waals surface area contributed by atoms with E-state index in [1.807, 2.05) is 49.4 Å². The zero-order chi connectivity index (χ0) is 13.8. The van der Waals surface area contributed by atoms with E-state index in [0.717, 1.165) is 33.5 Å². The third kappa shape index (κ3) is 3.37. The number of nitrogens with two attached hydrogens (primary N) is 1. The van der Waals surface area contributed by atoms with Gasteiger partial charge < -0.3 is 10.5 Å². The molecule has 2 aromatic carbocycles. The molecule has 0 aliphatic carbocycles. The van der Waals surface area contributed by atoms with Crippen LogP contribution in [0.5, 0.6) is 11.5 Å². The predicted molar refractivity (Wildman–Crippen MR) is 82.6 cm³/mol. The van der Waals surface area contributed by atoms with E-state index >= 15 is 0 Å². The lowest BCUT2D eigenvalue weighted by Crippen LogP contribution is -2.09. The lowest BCUT2D eigenvalue weighted by atomic mass is 10.0. The van der Waals surface area contributed by atoms with Crippen LogP contribution in [0, 0.1) is 6.92 Å². The summed E-state index contributed by atoms with van der Waals surface area (Å²) >= 11 is 3.47. The first kappa shape index (κ1) is 14.1. The molecule has 100 valence electrons. The normalized spacial score (nSPS) is 12.2. The second-order valence-electron chi connectivity index (χ2n) is 4.56. The van der Waals surface area contributed by atoms with Crippen LogP contribution in [0.15, 0.2) is 46.9 Å². The summed E-state index contributed by atoms with van der Waals surface area (Å²) in [5, 5.41) is 0. The molecule has 0 aromatic heterocycles. The van der Waals surface area contributed by atoms with Crippen molar-refractivity contribution in [2.45, 2.75) is 26.3 Å². The highest BCUT2D eigenvalue weighted by Crippen LogP contribution is 2.32. The van der Waals surface area contributed by atoms with Crippen molar-refractivity contribution < 1.29 is 4.74 Å². The Hall–Kier alpha value is -1.32. The molecule has 0 amide bonds. The van der Waals surface area contributed by atoms with Crippen LogP contribution >= 0.6 is 15.9 Å². The fourth-order valence-corrected chi connectivity index (χ4v) is 2.24. The van der Waals surface area contributed by atoms with Gasteiger partial charge in [-0.05, 0) is 37.1 Å². The number of halogens is 1. The number of hydrogen-bond donors (Lipinski definition) is 1. The van der Waals surface area contributed by atoms with Gasteiger partial charge in [0.05, 0.1) is 0 Å². The molecule has 0 unspecified atom stereocenters. The van der Waals surface area contributed by atoms with Gasteiger partial charge in [-0.2, -0.15) is 0 Å². The summed E-state index contributed by atoms with van der Waals surface area (Å²) in [4.78, 5) is 0. The number of rotatable bonds is 4. The minimum atomic E-state index is 0.00339. The van der Waals surface area contributed by atoms with Crippen molar-refractivity contribution in [3.05, 3.63) is 58.1 Å². The van der Waals surface area contributed by atoms with Crippen molar-refractivity contribution in [2.75, 3.05) is 0 Å². The van der Waals surface area contributed by atoms with Crippen LogP contribution in [0.25, 0.3) is 0 Å². The molecular formula is C16H18BrNO. The van der Waals surface area contributed by atoms with E-state index < -0.39 is 0 Å². The van der Waals surface area contributed by atoms with E-state index in [0.29, 0.717) is 0 Å². The summed E-state index contributed by atoms with van der Waals surface area (Å²) < 4.78 is 7.04. The number of benzene rings is 2. The molecule has 0 radical (unpaired) electrons. The Kier molecular flexibility index (Phi) is 4.61. The van der Waals surface area contributed by atoms with Crippen LogP contribution in [-0.4, -0.2) is 0 Å². The van der Waals surface area contributed by atoms with Crippen LogP contribution in [0.4, 0.5) is 0 Å². The largest absolute Gasteiger partial charge is 0.457 e. The standard InChI is InChI=1S/C16H18BrNO/c1-3-14(18)13-6-4-5-7-15(13)19-16-10-12(17)9-8-11(16)2/h4-10,14H,3,18H2,1-2H3/t14-/m1/s1. The van der Waals surface area contributed by atoms with Gasteiger partial charge in [0.2, 0.25) is 0 Å². The van der Waals surface area contributed by atoms with Crippen molar-refractivity contribution >= 4 is 15.9 Å². The molecule has 19 heavy (non-hydrogen) atoms. The van der Waals surface area contributed by atoms with Crippen LogP contribution in [0.2, 0.25) is 0 Å². The Morgan fingerprint density at radius 1 is 1.16 bits per heavy atom. The van der Waals surface area contributed by atoms with E-state index in [1.165, 1.54) is 0 Å². The molecule has 0 aliphatic heterocycles. The molecule has 3 heteroatoms. The fourth-order valence-electron chi connectivity index (χ4n) is 1.90. The van der Waals surface area contributed by atoms with Gasteiger partial charge in [-0.1, -0.05) is 47.1 Å². The maximum absolute atomic E-state index is 6.13. The van der Waals surface area contributed by atoms with Gasteiger partial charge in [0.15, 0.2) is 0 Å². The quantitative estimate of drug-likeness (QED) is 0.864. The minimum absolute atomic E-state index is 0.00339. The van der Waals surface area contributed by atoms with Crippen molar-refractivity contribution in [1.82, 2.24) is 0 Å². The van der Waals surface area contributed by atoms with E-state index in [2.05, 4.69) is 22.9 Å². The van der Waals surface area contributed by atoms with Crippen molar-refractivity contribution in [2.24, 2.45) is 5.73 Å². The monoisotopic (exact) mass is 319 g/mol. The Labute approximate surface area is 122 Å². The Balaban J connectivity index is 2.35. The van der Waals surface area contributed by atoms with Crippen LogP contribution in [0.1, 0.15) is 30.5 Å². The van der Waals surface area contributed by atoms with Gasteiger partial charge in [-0.3, -0.25) is 0 Å². The lowest BCUT2D eigenvalue weighted by molar-refractivity contribution is 0.465. The Bertz CT molecular complexity index is 568. The van der Waals surface area contributed by atoms with E-state index in [1.54, 1.807) is 0 Å². The third-order valence-electron chi connectivity index (χ3n) is 3.13. The van der Waals surface area contributed by atoms with Crippen molar-refractivity contribution in [3.63, 3.8) is 0 Å². The molecule has 2 aromatic rings. The molecule has 0 fully saturated rings. The highest BCUT2D eigenvalue weighted by molar-refractivity contribution is 9.10. The molecular weight excluding hydrogens is 302 g/mol. The van der Waals surface area contributed by atoms with E-state index in [9.17, 15) is 0 Å². The summed E-state index contributed by atoms with van der Waals surface area (Å²) in [7, 11) is 0. The van der Waals surface area contributed by atoms with Crippen molar-refractivity contribution in [1.29, 1.82) is 0 Å². The van der Waals surface area contributed by atoms with Gasteiger partial charge in [-0.25, -0.2) is 0 Å². The van der Waals surface area contributed by atoms with Crippen LogP contribution < -0.4 is 10.5 Å². The summed E-state index contributed by atoms with van der Waals surface area (Å²) in [6.45, 7) is 4.11. The van der Waals surface area contributed by atoms with Crippen LogP contribution in [-0.2, 0) is 0 Å². The first-order valence-corrected chi connectivity index (χ1v) is 7.19. The zero-order valence-electron chi connectivity index (χ0n) is 11.2. The summed E-state index contributed by atoms with van der Waals surface area (Å²) in [5.41, 5.74) is 8.27. The smallest absolute Gasteiger partial charge is 0.132 e. The maximum Gasteiger partial charge on any atom is 0.132 e. The predicted octanol–water partition coefficient (Wildman–Crippen LogP) is 4.96. The number of para-hydroxylation sites is 1. The van der Waals surface area contributed by atoms with Gasteiger partial charge >= 0.3 is 0 Å². The van der Waals surface area contributed by atoms with Gasteiger partial charge in [0.1, 0.15) is 11.5 Å². The molecule has 0 heterocycles. The van der Waals surface area contributed by atoms with Crippen molar-refractivity contribution in [3.8, 4) is 11.5 Å². The number of hydrogen-bond acceptors (Lipinski definition) is 2. The average molecular weight is 320 g/mol. The second kappa shape index (κ2) is 6.22. The summed E-state index contributed by atoms with van der Waals surface area (Å²) in [6.07, 6.45) is 0.887. The van der Waals surface area contributed by atoms with Gasteiger partial charge in [0.25, 0.3) is 0 Å². The molecule has 0 bridgehead atoms. The molecule has 2 N–H and O–H groups in total. The highest BCUT2D eigenvalue weighted by atomic mass is 79.9. The average Bonchev–Trinajstić information content (AvgIpc) is 2.42.